The topological polar surface area (TPSA) is 70.0 Å². The Morgan fingerprint density at radius 3 is 2.29 bits per heavy atom. The molecule has 0 aliphatic heterocycles. The van der Waals surface area contributed by atoms with Gasteiger partial charge in [-0.25, -0.2) is 8.42 Å². The van der Waals surface area contributed by atoms with Crippen LogP contribution in [0.5, 0.6) is 0 Å². The molecule has 0 bridgehead atoms. The molecule has 0 spiro atoms. The second-order valence-electron chi connectivity index (χ2n) is 4.23. The molecule has 0 unspecified atom stereocenters. The molecule has 0 aliphatic carbocycles. The third-order valence-electron chi connectivity index (χ3n) is 2.70. The Kier molecular flexibility index (Phi) is 4.73. The zero-order chi connectivity index (χ0) is 15.5. The van der Waals surface area contributed by atoms with Crippen LogP contribution in [0.25, 0.3) is 0 Å². The Balaban J connectivity index is 2.30. The zero-order valence-corrected chi connectivity index (χ0v) is 13.0. The molecule has 0 atom stereocenters. The van der Waals surface area contributed by atoms with Crippen molar-refractivity contribution in [2.24, 2.45) is 0 Å². The maximum atomic E-state index is 12.2. The van der Waals surface area contributed by atoms with E-state index in [0.29, 0.717) is 11.1 Å². The van der Waals surface area contributed by atoms with Gasteiger partial charge in [-0.05, 0) is 23.8 Å². The second-order valence-corrected chi connectivity index (χ2v) is 6.76. The van der Waals surface area contributed by atoms with Crippen molar-refractivity contribution in [1.29, 1.82) is 5.26 Å². The standard InChI is InChI=1S/C14H10Cl2N2O2S/c15-12-6-3-7-13(16)14(12)18-21(19,20)9-11-5-2-1-4-10(11)8-17/h1-7,18H,9H2. The maximum Gasteiger partial charge on any atom is 0.237 e. The molecule has 0 amide bonds. The van der Waals surface area contributed by atoms with E-state index in [1.807, 2.05) is 6.07 Å². The van der Waals surface area contributed by atoms with E-state index >= 15 is 0 Å². The van der Waals surface area contributed by atoms with Crippen LogP contribution in [0.2, 0.25) is 10.0 Å². The highest BCUT2D eigenvalue weighted by Gasteiger charge is 2.17. The smallest absolute Gasteiger partial charge is 0.237 e. The summed E-state index contributed by atoms with van der Waals surface area (Å²) >= 11 is 11.9. The van der Waals surface area contributed by atoms with Gasteiger partial charge >= 0.3 is 0 Å². The number of nitriles is 1. The van der Waals surface area contributed by atoms with Gasteiger partial charge in [0.2, 0.25) is 10.0 Å². The largest absolute Gasteiger partial charge is 0.280 e. The van der Waals surface area contributed by atoms with E-state index < -0.39 is 10.0 Å². The summed E-state index contributed by atoms with van der Waals surface area (Å²) in [6.45, 7) is 0. The second kappa shape index (κ2) is 6.35. The van der Waals surface area contributed by atoms with E-state index in [2.05, 4.69) is 4.72 Å². The number of nitrogens with one attached hydrogen (secondary N) is 1. The lowest BCUT2D eigenvalue weighted by Crippen LogP contribution is -2.16. The summed E-state index contributed by atoms with van der Waals surface area (Å²) in [6, 6.07) is 13.2. The van der Waals surface area contributed by atoms with Crippen LogP contribution < -0.4 is 4.72 Å². The Morgan fingerprint density at radius 2 is 1.67 bits per heavy atom. The molecule has 0 radical (unpaired) electrons. The highest BCUT2D eigenvalue weighted by atomic mass is 35.5. The maximum absolute atomic E-state index is 12.2. The van der Waals surface area contributed by atoms with Gasteiger partial charge in [-0.1, -0.05) is 47.5 Å². The van der Waals surface area contributed by atoms with Gasteiger partial charge in [-0.2, -0.15) is 5.26 Å². The first-order valence-corrected chi connectivity index (χ1v) is 8.26. The van der Waals surface area contributed by atoms with Crippen LogP contribution in [-0.2, 0) is 15.8 Å². The molecule has 21 heavy (non-hydrogen) atoms. The van der Waals surface area contributed by atoms with Gasteiger partial charge < -0.3 is 0 Å². The number of hydrogen-bond donors (Lipinski definition) is 1. The lowest BCUT2D eigenvalue weighted by atomic mass is 10.1. The molecule has 0 heterocycles. The highest BCUT2D eigenvalue weighted by molar-refractivity contribution is 7.91. The van der Waals surface area contributed by atoms with E-state index in [-0.39, 0.29) is 21.5 Å². The monoisotopic (exact) mass is 340 g/mol. The Bertz CT molecular complexity index is 794. The van der Waals surface area contributed by atoms with Gasteiger partial charge in [0.05, 0.1) is 33.1 Å². The van der Waals surface area contributed by atoms with Gasteiger partial charge in [-0.15, -0.1) is 0 Å². The fraction of sp³-hybridized carbons (Fsp3) is 0.0714. The molecule has 0 aliphatic rings. The van der Waals surface area contributed by atoms with Crippen molar-refractivity contribution in [3.8, 4) is 6.07 Å². The van der Waals surface area contributed by atoms with Crippen molar-refractivity contribution in [3.05, 3.63) is 63.6 Å². The molecule has 2 aromatic carbocycles. The molecule has 7 heteroatoms. The van der Waals surface area contributed by atoms with Crippen LogP contribution in [-0.4, -0.2) is 8.42 Å². The lowest BCUT2D eigenvalue weighted by molar-refractivity contribution is 0.600. The van der Waals surface area contributed by atoms with Crippen molar-refractivity contribution in [1.82, 2.24) is 0 Å². The minimum atomic E-state index is -3.74. The van der Waals surface area contributed by atoms with Crippen molar-refractivity contribution in [2.75, 3.05) is 4.72 Å². The first kappa shape index (κ1) is 15.6. The van der Waals surface area contributed by atoms with Crippen LogP contribution in [0.1, 0.15) is 11.1 Å². The summed E-state index contributed by atoms with van der Waals surface area (Å²) in [4.78, 5) is 0. The number of halogens is 2. The summed E-state index contributed by atoms with van der Waals surface area (Å²) < 4.78 is 26.8. The lowest BCUT2D eigenvalue weighted by Gasteiger charge is -2.11. The van der Waals surface area contributed by atoms with Crippen LogP contribution in [0.15, 0.2) is 42.5 Å². The molecule has 0 fully saturated rings. The Labute approximate surface area is 133 Å². The number of hydrogen-bond acceptors (Lipinski definition) is 3. The Hall–Kier alpha value is -1.74. The molecule has 2 rings (SSSR count). The number of sulfonamides is 1. The predicted octanol–water partition coefficient (Wildman–Crippen LogP) is 3.81. The summed E-state index contributed by atoms with van der Waals surface area (Å²) in [5.41, 5.74) is 0.860. The van der Waals surface area contributed by atoms with Gasteiger partial charge in [0.25, 0.3) is 0 Å². The third kappa shape index (κ3) is 3.88. The van der Waals surface area contributed by atoms with Crippen molar-refractivity contribution < 1.29 is 8.42 Å². The van der Waals surface area contributed by atoms with Crippen molar-refractivity contribution in [3.63, 3.8) is 0 Å². The van der Waals surface area contributed by atoms with E-state index in [9.17, 15) is 8.42 Å². The zero-order valence-electron chi connectivity index (χ0n) is 10.7. The minimum absolute atomic E-state index is 0.135. The molecule has 1 N–H and O–H groups in total. The molecule has 0 aromatic heterocycles. The Morgan fingerprint density at radius 1 is 1.05 bits per heavy atom. The van der Waals surface area contributed by atoms with Gasteiger partial charge in [-0.3, -0.25) is 4.72 Å². The molecular formula is C14H10Cl2N2O2S. The number of rotatable bonds is 4. The molecule has 108 valence electrons. The summed E-state index contributed by atoms with van der Waals surface area (Å²) in [5, 5.41) is 9.40. The number of para-hydroxylation sites is 1. The first-order chi connectivity index (χ1) is 9.93. The van der Waals surface area contributed by atoms with E-state index in [1.54, 1.807) is 30.3 Å². The molecular weight excluding hydrogens is 331 g/mol. The fourth-order valence-electron chi connectivity index (χ4n) is 1.75. The van der Waals surface area contributed by atoms with Crippen LogP contribution in [0, 0.1) is 11.3 Å². The number of benzene rings is 2. The minimum Gasteiger partial charge on any atom is -0.280 e. The van der Waals surface area contributed by atoms with Crippen LogP contribution >= 0.6 is 23.2 Å². The summed E-state index contributed by atoms with van der Waals surface area (Å²) in [5.74, 6) is -0.335. The van der Waals surface area contributed by atoms with Crippen LogP contribution in [0.4, 0.5) is 5.69 Å². The van der Waals surface area contributed by atoms with Gasteiger partial charge in [0, 0.05) is 0 Å². The first-order valence-electron chi connectivity index (χ1n) is 5.85. The summed E-state index contributed by atoms with van der Waals surface area (Å²) in [6.07, 6.45) is 0. The predicted molar refractivity (Wildman–Crippen MR) is 83.9 cm³/mol. The van der Waals surface area contributed by atoms with Gasteiger partial charge in [0.15, 0.2) is 0 Å². The van der Waals surface area contributed by atoms with Crippen molar-refractivity contribution >= 4 is 38.9 Å². The average molecular weight is 341 g/mol. The van der Waals surface area contributed by atoms with E-state index in [4.69, 9.17) is 28.5 Å². The van der Waals surface area contributed by atoms with E-state index in [0.717, 1.165) is 0 Å². The molecule has 4 nitrogen and oxygen atoms in total. The number of anilines is 1. The molecule has 0 saturated heterocycles. The highest BCUT2D eigenvalue weighted by Crippen LogP contribution is 2.31. The summed E-state index contributed by atoms with van der Waals surface area (Å²) in [7, 11) is -3.74. The molecule has 2 aromatic rings. The fourth-order valence-corrected chi connectivity index (χ4v) is 3.62. The van der Waals surface area contributed by atoms with Gasteiger partial charge in [0.1, 0.15) is 0 Å². The van der Waals surface area contributed by atoms with Crippen molar-refractivity contribution in [2.45, 2.75) is 5.75 Å². The average Bonchev–Trinajstić information content (AvgIpc) is 2.43. The normalized spacial score (nSPS) is 10.9. The number of nitrogens with zero attached hydrogens (tertiary/aromatic N) is 1. The quantitative estimate of drug-likeness (QED) is 0.919. The van der Waals surface area contributed by atoms with E-state index in [1.165, 1.54) is 12.1 Å². The van der Waals surface area contributed by atoms with Crippen LogP contribution in [0.3, 0.4) is 0 Å². The molecule has 0 saturated carbocycles. The third-order valence-corrected chi connectivity index (χ3v) is 4.54. The SMILES string of the molecule is N#Cc1ccccc1CS(=O)(=O)Nc1c(Cl)cccc1Cl.